The zero-order chi connectivity index (χ0) is 21.3. The molecule has 0 bridgehead atoms. The molecule has 0 saturated heterocycles. The first-order valence-electron chi connectivity index (χ1n) is 12.0. The molecule has 0 atom stereocenters. The Labute approximate surface area is 204 Å². The second kappa shape index (κ2) is 30.1. The fourth-order valence-corrected chi connectivity index (χ4v) is 3.17. The molecule has 0 aromatic rings. The monoisotopic (exact) mass is 424 g/mol. The Morgan fingerprint density at radius 1 is 0.483 bits per heavy atom. The number of carboxylic acid groups (broad SMARTS) is 2. The van der Waals surface area contributed by atoms with Crippen molar-refractivity contribution in [3.8, 4) is 0 Å². The molecule has 29 heavy (non-hydrogen) atoms. The number of hydrogen-bond acceptors (Lipinski definition) is 2. The summed E-state index contributed by atoms with van der Waals surface area (Å²) in [4.78, 5) is 20.4. The molecule has 0 aliphatic carbocycles. The number of unbranched alkanes of at least 4 members (excludes halogenated alkanes) is 16. The van der Waals surface area contributed by atoms with E-state index in [4.69, 9.17) is 10.2 Å². The summed E-state index contributed by atoms with van der Waals surface area (Å²) >= 11 is 0. The van der Waals surface area contributed by atoms with Gasteiger partial charge in [-0.1, -0.05) is 117 Å². The molecule has 0 fully saturated rings. The van der Waals surface area contributed by atoms with E-state index in [1.165, 1.54) is 89.9 Å². The van der Waals surface area contributed by atoms with E-state index in [1.54, 1.807) is 0 Å². The average molecular weight is 425 g/mol. The third-order valence-electron chi connectivity index (χ3n) is 4.99. The van der Waals surface area contributed by atoms with E-state index in [1.807, 2.05) is 0 Å². The van der Waals surface area contributed by atoms with Crippen LogP contribution < -0.4 is 29.6 Å². The van der Waals surface area contributed by atoms with Crippen molar-refractivity contribution in [2.75, 3.05) is 0 Å². The first-order valence-corrected chi connectivity index (χ1v) is 12.0. The van der Waals surface area contributed by atoms with Crippen LogP contribution in [-0.4, -0.2) is 22.2 Å². The van der Waals surface area contributed by atoms with Gasteiger partial charge in [0, 0.05) is 12.8 Å². The molecule has 0 unspecified atom stereocenters. The SMILES string of the molecule is CCCCCCCCCC(=O)O.CCCCCCCCCCCCCC(=O)O.[H-].[Na+]. The van der Waals surface area contributed by atoms with E-state index in [0.717, 1.165) is 25.7 Å². The second-order valence-corrected chi connectivity index (χ2v) is 7.94. The molecule has 0 saturated carbocycles. The maximum Gasteiger partial charge on any atom is 1.00 e. The number of hydrogen-bond donors (Lipinski definition) is 2. The minimum absolute atomic E-state index is 0. The summed E-state index contributed by atoms with van der Waals surface area (Å²) in [5, 5.41) is 16.8. The number of carboxylic acids is 2. The van der Waals surface area contributed by atoms with Crippen LogP contribution in [0, 0.1) is 0 Å². The maximum atomic E-state index is 10.3. The zero-order valence-electron chi connectivity index (χ0n) is 20.9. The number of rotatable bonds is 20. The summed E-state index contributed by atoms with van der Waals surface area (Å²) in [5.41, 5.74) is 0. The van der Waals surface area contributed by atoms with Gasteiger partial charge in [-0.2, -0.15) is 0 Å². The van der Waals surface area contributed by atoms with Crippen LogP contribution in [0.4, 0.5) is 0 Å². The summed E-state index contributed by atoms with van der Waals surface area (Å²) in [5.74, 6) is -1.32. The van der Waals surface area contributed by atoms with Crippen LogP contribution in [0.2, 0.25) is 0 Å². The van der Waals surface area contributed by atoms with Crippen molar-refractivity contribution in [2.24, 2.45) is 0 Å². The Kier molecular flexibility index (Phi) is 34.9. The largest absolute Gasteiger partial charge is 1.00 e. The van der Waals surface area contributed by atoms with Gasteiger partial charge in [-0.25, -0.2) is 0 Å². The summed E-state index contributed by atoms with van der Waals surface area (Å²) in [6.45, 7) is 4.45. The van der Waals surface area contributed by atoms with Crippen LogP contribution in [0.5, 0.6) is 0 Å². The molecule has 5 heteroatoms. The van der Waals surface area contributed by atoms with Crippen molar-refractivity contribution < 1.29 is 50.8 Å². The minimum atomic E-state index is -0.663. The molecule has 0 spiro atoms. The molecular weight excluding hydrogens is 375 g/mol. The van der Waals surface area contributed by atoms with Gasteiger partial charge in [0.25, 0.3) is 0 Å². The summed E-state index contributed by atoms with van der Waals surface area (Å²) in [6, 6.07) is 0. The summed E-state index contributed by atoms with van der Waals surface area (Å²) < 4.78 is 0. The molecule has 0 heterocycles. The van der Waals surface area contributed by atoms with Gasteiger partial charge >= 0.3 is 41.5 Å². The molecule has 0 aromatic carbocycles. The third kappa shape index (κ3) is 39.1. The fourth-order valence-electron chi connectivity index (χ4n) is 3.17. The van der Waals surface area contributed by atoms with Crippen LogP contribution in [-0.2, 0) is 9.59 Å². The van der Waals surface area contributed by atoms with E-state index >= 15 is 0 Å². The molecule has 0 rings (SSSR count). The van der Waals surface area contributed by atoms with Crippen LogP contribution in [0.3, 0.4) is 0 Å². The zero-order valence-corrected chi connectivity index (χ0v) is 21.9. The van der Waals surface area contributed by atoms with Crippen molar-refractivity contribution in [1.29, 1.82) is 0 Å². The van der Waals surface area contributed by atoms with E-state index in [9.17, 15) is 9.59 Å². The first kappa shape index (κ1) is 33.6. The normalized spacial score (nSPS) is 10.0. The predicted molar refractivity (Wildman–Crippen MR) is 120 cm³/mol. The van der Waals surface area contributed by atoms with Crippen LogP contribution in [0.25, 0.3) is 0 Å². The first-order chi connectivity index (χ1) is 13.5. The number of aliphatic carboxylic acids is 2. The van der Waals surface area contributed by atoms with Gasteiger partial charge in [0.2, 0.25) is 0 Å². The van der Waals surface area contributed by atoms with Gasteiger partial charge in [-0.3, -0.25) is 9.59 Å². The van der Waals surface area contributed by atoms with Gasteiger partial charge in [-0.15, -0.1) is 0 Å². The summed E-state index contributed by atoms with van der Waals surface area (Å²) in [6.07, 6.45) is 23.0. The Morgan fingerprint density at radius 2 is 0.690 bits per heavy atom. The maximum absolute atomic E-state index is 10.3. The van der Waals surface area contributed by atoms with Crippen LogP contribution in [0.15, 0.2) is 0 Å². The van der Waals surface area contributed by atoms with Crippen LogP contribution in [0.1, 0.15) is 144 Å². The molecule has 170 valence electrons. The van der Waals surface area contributed by atoms with Crippen LogP contribution >= 0.6 is 0 Å². The number of carbonyl (C=O) groups is 2. The Balaban J connectivity index is -0.000000219. The summed E-state index contributed by atoms with van der Waals surface area (Å²) in [7, 11) is 0. The topological polar surface area (TPSA) is 74.6 Å². The van der Waals surface area contributed by atoms with Gasteiger partial charge in [0.1, 0.15) is 0 Å². The molecule has 4 nitrogen and oxygen atoms in total. The Morgan fingerprint density at radius 3 is 0.897 bits per heavy atom. The molecule has 0 aliphatic heterocycles. The molecular formula is C24H49NaO4. The van der Waals surface area contributed by atoms with Gasteiger partial charge in [0.15, 0.2) is 0 Å². The van der Waals surface area contributed by atoms with Crippen molar-refractivity contribution in [3.63, 3.8) is 0 Å². The van der Waals surface area contributed by atoms with Crippen molar-refractivity contribution in [2.45, 2.75) is 142 Å². The van der Waals surface area contributed by atoms with Crippen molar-refractivity contribution in [1.82, 2.24) is 0 Å². The molecule has 0 amide bonds. The third-order valence-corrected chi connectivity index (χ3v) is 4.99. The Hall–Kier alpha value is -0.0600. The van der Waals surface area contributed by atoms with Gasteiger partial charge in [0.05, 0.1) is 0 Å². The molecule has 0 aliphatic rings. The molecule has 2 N–H and O–H groups in total. The standard InChI is InChI=1S/C14H28O2.C10H20O2.Na.H/c1-2-3-4-5-6-7-8-9-10-11-12-13-14(15)16;1-2-3-4-5-6-7-8-9-10(11)12;;/h2-13H2,1H3,(H,15,16);2-9H2,1H3,(H,11,12);;/q;;+1;-1. The Bertz CT molecular complexity index is 341. The predicted octanol–water partition coefficient (Wildman–Crippen LogP) is 5.10. The van der Waals surface area contributed by atoms with E-state index in [0.29, 0.717) is 12.8 Å². The average Bonchev–Trinajstić information content (AvgIpc) is 2.65. The van der Waals surface area contributed by atoms with E-state index in [-0.39, 0.29) is 31.0 Å². The molecule has 0 aromatic heterocycles. The van der Waals surface area contributed by atoms with Gasteiger partial charge < -0.3 is 11.6 Å². The van der Waals surface area contributed by atoms with Crippen molar-refractivity contribution >= 4 is 11.9 Å². The minimum Gasteiger partial charge on any atom is -1.00 e. The fraction of sp³-hybridized carbons (Fsp3) is 0.917. The quantitative estimate of drug-likeness (QED) is 0.211. The van der Waals surface area contributed by atoms with Crippen molar-refractivity contribution in [3.05, 3.63) is 0 Å². The van der Waals surface area contributed by atoms with Gasteiger partial charge in [-0.05, 0) is 12.8 Å². The van der Waals surface area contributed by atoms with E-state index in [2.05, 4.69) is 13.8 Å². The smallest absolute Gasteiger partial charge is 1.00 e. The second-order valence-electron chi connectivity index (χ2n) is 7.94. The molecule has 0 radical (unpaired) electrons. The van der Waals surface area contributed by atoms with E-state index < -0.39 is 11.9 Å².